The van der Waals surface area contributed by atoms with Crippen LogP contribution in [0.15, 0.2) is 40.9 Å². The Morgan fingerprint density at radius 2 is 1.97 bits per heavy atom. The summed E-state index contributed by atoms with van der Waals surface area (Å²) < 4.78 is 34.2. The van der Waals surface area contributed by atoms with Crippen LogP contribution in [0.2, 0.25) is 5.28 Å². The smallest absolute Gasteiger partial charge is 0.420 e. The number of hydrogen-bond acceptors (Lipinski definition) is 6. The van der Waals surface area contributed by atoms with E-state index in [2.05, 4.69) is 23.6 Å². The van der Waals surface area contributed by atoms with Gasteiger partial charge < -0.3 is 9.30 Å². The van der Waals surface area contributed by atoms with Gasteiger partial charge in [-0.2, -0.15) is 0 Å². The second-order valence-corrected chi connectivity index (χ2v) is 10.8. The van der Waals surface area contributed by atoms with Crippen molar-refractivity contribution in [3.05, 3.63) is 57.9 Å². The minimum atomic E-state index is -4.08. The summed E-state index contributed by atoms with van der Waals surface area (Å²) in [6.07, 6.45) is 3.15. The fourth-order valence-corrected chi connectivity index (χ4v) is 6.46. The molecule has 0 aliphatic rings. The predicted molar refractivity (Wildman–Crippen MR) is 122 cm³/mol. The molecule has 10 heteroatoms. The van der Waals surface area contributed by atoms with Crippen LogP contribution in [0, 0.1) is 12.8 Å². The molecule has 1 N–H and O–H groups in total. The molecule has 3 rings (SSSR count). The number of sulfonamides is 1. The average molecular weight is 482 g/mol. The maximum absolute atomic E-state index is 12.9. The summed E-state index contributed by atoms with van der Waals surface area (Å²) in [7, 11) is -2.95. The summed E-state index contributed by atoms with van der Waals surface area (Å²) in [5, 5.41) is 0.401. The number of imidazole rings is 1. The zero-order chi connectivity index (χ0) is 22.8. The van der Waals surface area contributed by atoms with Gasteiger partial charge in [0.05, 0.1) is 7.11 Å². The summed E-state index contributed by atoms with van der Waals surface area (Å²) in [4.78, 5) is 16.6. The topological polar surface area (TPSA) is 90.3 Å². The molecule has 31 heavy (non-hydrogen) atoms. The Kier molecular flexibility index (Phi) is 7.08. The minimum Gasteiger partial charge on any atom is -0.452 e. The third-order valence-corrected chi connectivity index (χ3v) is 8.17. The monoisotopic (exact) mass is 481 g/mol. The molecule has 0 saturated carbocycles. The van der Waals surface area contributed by atoms with Crippen molar-refractivity contribution < 1.29 is 17.9 Å². The number of carbonyl (C=O) groups is 1. The summed E-state index contributed by atoms with van der Waals surface area (Å²) in [5.74, 6) is 0.358. The number of ether oxygens (including phenoxy) is 1. The molecular weight excluding hydrogens is 458 g/mol. The maximum atomic E-state index is 12.9. The number of carbonyl (C=O) groups excluding carboxylic acids is 1. The van der Waals surface area contributed by atoms with Crippen LogP contribution in [-0.4, -0.2) is 31.2 Å². The van der Waals surface area contributed by atoms with Crippen LogP contribution in [0.5, 0.6) is 0 Å². The van der Waals surface area contributed by atoms with E-state index in [-0.39, 0.29) is 4.21 Å². The Balaban J connectivity index is 2.03. The van der Waals surface area contributed by atoms with Crippen LogP contribution in [-0.2, 0) is 27.7 Å². The summed E-state index contributed by atoms with van der Waals surface area (Å²) >= 11 is 7.24. The minimum absolute atomic E-state index is 0.108. The number of halogens is 1. The van der Waals surface area contributed by atoms with Gasteiger partial charge in [-0.15, -0.1) is 11.3 Å². The molecule has 7 nitrogen and oxygen atoms in total. The van der Waals surface area contributed by atoms with Crippen molar-refractivity contribution in [1.29, 1.82) is 0 Å². The van der Waals surface area contributed by atoms with Gasteiger partial charge >= 0.3 is 6.09 Å². The van der Waals surface area contributed by atoms with Crippen molar-refractivity contribution in [1.82, 2.24) is 14.3 Å². The molecule has 3 aromatic rings. The lowest BCUT2D eigenvalue weighted by Crippen LogP contribution is -2.30. The van der Waals surface area contributed by atoms with Gasteiger partial charge in [-0.1, -0.05) is 38.1 Å². The zero-order valence-corrected chi connectivity index (χ0v) is 20.1. The first-order valence-corrected chi connectivity index (χ1v) is 12.3. The number of rotatable bonds is 7. The molecule has 0 atom stereocenters. The predicted octanol–water partition coefficient (Wildman–Crippen LogP) is 4.86. The van der Waals surface area contributed by atoms with Crippen LogP contribution in [0.3, 0.4) is 0 Å². The number of nitrogens with zero attached hydrogens (tertiary/aromatic N) is 2. The molecule has 0 bridgehead atoms. The number of amides is 1. The normalized spacial score (nSPS) is 11.7. The van der Waals surface area contributed by atoms with E-state index in [0.717, 1.165) is 35.1 Å². The van der Waals surface area contributed by atoms with Gasteiger partial charge in [0.25, 0.3) is 10.0 Å². The summed E-state index contributed by atoms with van der Waals surface area (Å²) in [5.41, 5.74) is 3.25. The highest BCUT2D eigenvalue weighted by atomic mass is 35.5. The van der Waals surface area contributed by atoms with E-state index in [1.807, 2.05) is 40.5 Å². The first kappa shape index (κ1) is 23.3. The fraction of sp³-hybridized carbons (Fsp3) is 0.333. The summed E-state index contributed by atoms with van der Waals surface area (Å²) in [6.45, 7) is 6.63. The fourth-order valence-electron chi connectivity index (χ4n) is 3.22. The quantitative estimate of drug-likeness (QED) is 0.520. The third kappa shape index (κ3) is 5.28. The number of hydrogen-bond donors (Lipinski definition) is 1. The van der Waals surface area contributed by atoms with Crippen LogP contribution >= 0.6 is 22.9 Å². The SMILES string of the molecule is COC(=O)NS(=O)(=O)c1sc(CC(C)C)c(C)c1-c1ccc(Cn2ccnc2Cl)cc1. The van der Waals surface area contributed by atoms with Gasteiger partial charge in [0.2, 0.25) is 5.28 Å². The van der Waals surface area contributed by atoms with Gasteiger partial charge in [0, 0.05) is 29.4 Å². The Bertz CT molecular complexity index is 1180. The largest absolute Gasteiger partial charge is 0.452 e. The van der Waals surface area contributed by atoms with E-state index < -0.39 is 16.1 Å². The highest BCUT2D eigenvalue weighted by Crippen LogP contribution is 2.40. The zero-order valence-electron chi connectivity index (χ0n) is 17.7. The van der Waals surface area contributed by atoms with Crippen molar-refractivity contribution in [2.45, 2.75) is 37.9 Å². The van der Waals surface area contributed by atoms with Gasteiger partial charge in [-0.3, -0.25) is 0 Å². The molecule has 0 aliphatic heterocycles. The van der Waals surface area contributed by atoms with Crippen molar-refractivity contribution in [3.8, 4) is 11.1 Å². The first-order valence-electron chi connectivity index (χ1n) is 9.61. The van der Waals surface area contributed by atoms with Crippen molar-refractivity contribution in [2.75, 3.05) is 7.11 Å². The van der Waals surface area contributed by atoms with Crippen LogP contribution in [0.4, 0.5) is 4.79 Å². The lowest BCUT2D eigenvalue weighted by atomic mass is 9.99. The number of thiophene rings is 1. The van der Waals surface area contributed by atoms with Crippen molar-refractivity contribution in [3.63, 3.8) is 0 Å². The van der Waals surface area contributed by atoms with Crippen LogP contribution < -0.4 is 4.72 Å². The van der Waals surface area contributed by atoms with Crippen molar-refractivity contribution >= 4 is 39.1 Å². The Morgan fingerprint density at radius 1 is 1.29 bits per heavy atom. The molecule has 0 unspecified atom stereocenters. The molecule has 1 aromatic carbocycles. The molecule has 0 saturated heterocycles. The molecule has 0 spiro atoms. The second kappa shape index (κ2) is 9.42. The Labute approximate surface area is 191 Å². The molecule has 0 radical (unpaired) electrons. The molecular formula is C21H24ClN3O4S2. The van der Waals surface area contributed by atoms with E-state index in [9.17, 15) is 13.2 Å². The van der Waals surface area contributed by atoms with Gasteiger partial charge in [-0.05, 0) is 47.6 Å². The summed E-state index contributed by atoms with van der Waals surface area (Å²) in [6, 6.07) is 7.61. The molecule has 0 fully saturated rings. The average Bonchev–Trinajstić information content (AvgIpc) is 3.25. The van der Waals surface area contributed by atoms with Crippen LogP contribution in [0.1, 0.15) is 29.9 Å². The lowest BCUT2D eigenvalue weighted by Gasteiger charge is -2.10. The van der Waals surface area contributed by atoms with E-state index in [0.29, 0.717) is 23.3 Å². The molecule has 2 heterocycles. The molecule has 2 aromatic heterocycles. The van der Waals surface area contributed by atoms with E-state index in [1.54, 1.807) is 12.4 Å². The maximum Gasteiger partial charge on any atom is 0.420 e. The molecule has 166 valence electrons. The molecule has 1 amide bonds. The molecule has 0 aliphatic carbocycles. The first-order chi connectivity index (χ1) is 14.6. The number of aromatic nitrogens is 2. The number of benzene rings is 1. The Hall–Kier alpha value is -2.36. The highest BCUT2D eigenvalue weighted by molar-refractivity contribution is 7.92. The third-order valence-electron chi connectivity index (χ3n) is 4.71. The van der Waals surface area contributed by atoms with E-state index in [1.165, 1.54) is 11.3 Å². The standard InChI is InChI=1S/C21H24ClN3O4S2/c1-13(2)11-17-14(3)18(19(30-17)31(27,28)24-21(26)29-4)16-7-5-15(6-8-16)12-25-10-9-23-20(25)22/h5-10,13H,11-12H2,1-4H3,(H,24,26). The lowest BCUT2D eigenvalue weighted by molar-refractivity contribution is 0.177. The highest BCUT2D eigenvalue weighted by Gasteiger charge is 2.28. The van der Waals surface area contributed by atoms with Crippen LogP contribution in [0.25, 0.3) is 11.1 Å². The van der Waals surface area contributed by atoms with E-state index >= 15 is 0 Å². The number of nitrogens with one attached hydrogen (secondary N) is 1. The van der Waals surface area contributed by atoms with Crippen molar-refractivity contribution in [2.24, 2.45) is 5.92 Å². The number of methoxy groups -OCH3 is 1. The van der Waals surface area contributed by atoms with Gasteiger partial charge in [0.1, 0.15) is 4.21 Å². The Morgan fingerprint density at radius 3 is 2.52 bits per heavy atom. The van der Waals surface area contributed by atoms with Gasteiger partial charge in [-0.25, -0.2) is 22.9 Å². The second-order valence-electron chi connectivity index (χ2n) is 7.53. The van der Waals surface area contributed by atoms with Gasteiger partial charge in [0.15, 0.2) is 0 Å². The van der Waals surface area contributed by atoms with E-state index in [4.69, 9.17) is 11.6 Å².